The summed E-state index contributed by atoms with van der Waals surface area (Å²) in [5, 5.41) is 3.31. The Labute approximate surface area is 173 Å². The van der Waals surface area contributed by atoms with Crippen molar-refractivity contribution in [2.24, 2.45) is 0 Å². The lowest BCUT2D eigenvalue weighted by Gasteiger charge is -2.21. The number of aromatic nitrogens is 2. The van der Waals surface area contributed by atoms with E-state index in [1.54, 1.807) is 17.2 Å². The predicted molar refractivity (Wildman–Crippen MR) is 117 cm³/mol. The Kier molecular flexibility index (Phi) is 6.39. The highest BCUT2D eigenvalue weighted by molar-refractivity contribution is 14.1. The van der Waals surface area contributed by atoms with E-state index in [1.165, 1.54) is 0 Å². The molecule has 1 aromatic heterocycles. The first kappa shape index (κ1) is 19.3. The van der Waals surface area contributed by atoms with Gasteiger partial charge in [-0.25, -0.2) is 4.98 Å². The van der Waals surface area contributed by atoms with Crippen molar-refractivity contribution in [3.05, 3.63) is 81.6 Å². The van der Waals surface area contributed by atoms with Gasteiger partial charge in [-0.2, -0.15) is 4.98 Å². The Bertz CT molecular complexity index is 917. The van der Waals surface area contributed by atoms with Crippen LogP contribution in [0.5, 0.6) is 0 Å². The largest absolute Gasteiger partial charge is 0.348 e. The van der Waals surface area contributed by atoms with Crippen LogP contribution in [0.15, 0.2) is 66.9 Å². The molecule has 3 rings (SSSR count). The van der Waals surface area contributed by atoms with E-state index in [9.17, 15) is 4.79 Å². The third-order valence-corrected chi connectivity index (χ3v) is 5.17. The van der Waals surface area contributed by atoms with Gasteiger partial charge in [-0.15, -0.1) is 0 Å². The minimum Gasteiger partial charge on any atom is -0.348 e. The van der Waals surface area contributed by atoms with Crippen molar-refractivity contribution < 1.29 is 4.79 Å². The fourth-order valence-corrected chi connectivity index (χ4v) is 3.40. The number of carbonyl (C=O) groups is 1. The van der Waals surface area contributed by atoms with Crippen molar-refractivity contribution >= 4 is 40.3 Å². The molecule has 0 aliphatic rings. The molecular weight excluding hydrogens is 451 g/mol. The summed E-state index contributed by atoms with van der Waals surface area (Å²) < 4.78 is 0.920. The number of benzene rings is 2. The summed E-state index contributed by atoms with van der Waals surface area (Å²) in [6, 6.07) is 19.5. The lowest BCUT2D eigenvalue weighted by molar-refractivity contribution is 0.0986. The van der Waals surface area contributed by atoms with Gasteiger partial charge in [0.05, 0.1) is 11.6 Å². The van der Waals surface area contributed by atoms with Gasteiger partial charge in [-0.05, 0) is 60.2 Å². The van der Waals surface area contributed by atoms with E-state index in [0.29, 0.717) is 23.9 Å². The third-order valence-electron chi connectivity index (χ3n) is 4.23. The zero-order valence-corrected chi connectivity index (χ0v) is 17.4. The highest BCUT2D eigenvalue weighted by Crippen LogP contribution is 2.21. The molecule has 1 heterocycles. The number of hydrogen-bond acceptors (Lipinski definition) is 4. The molecule has 0 spiro atoms. The second-order valence-electron chi connectivity index (χ2n) is 6.04. The number of hydrogen-bond donors (Lipinski definition) is 1. The molecular formula is C21H21IN4O. The summed E-state index contributed by atoms with van der Waals surface area (Å²) in [7, 11) is 0. The summed E-state index contributed by atoms with van der Waals surface area (Å²) in [5.41, 5.74) is 1.82. The molecule has 6 heteroatoms. The van der Waals surface area contributed by atoms with E-state index in [0.717, 1.165) is 9.13 Å². The monoisotopic (exact) mass is 472 g/mol. The fraction of sp³-hybridized carbons (Fsp3) is 0.190. The lowest BCUT2D eigenvalue weighted by Crippen LogP contribution is -2.32. The molecule has 0 fully saturated rings. The molecule has 27 heavy (non-hydrogen) atoms. The average molecular weight is 472 g/mol. The van der Waals surface area contributed by atoms with Crippen LogP contribution in [-0.2, 0) is 0 Å². The third kappa shape index (κ3) is 4.63. The maximum atomic E-state index is 13.0. The predicted octanol–water partition coefficient (Wildman–Crippen LogP) is 4.92. The van der Waals surface area contributed by atoms with Crippen molar-refractivity contribution in [3.8, 4) is 0 Å². The molecule has 0 aliphatic heterocycles. The highest BCUT2D eigenvalue weighted by Gasteiger charge is 2.20. The second kappa shape index (κ2) is 8.94. The second-order valence-corrected chi connectivity index (χ2v) is 7.21. The zero-order chi connectivity index (χ0) is 19.2. The number of nitrogens with one attached hydrogen (secondary N) is 1. The van der Waals surface area contributed by atoms with Gasteiger partial charge >= 0.3 is 0 Å². The van der Waals surface area contributed by atoms with Crippen LogP contribution < -0.4 is 10.2 Å². The zero-order valence-electron chi connectivity index (χ0n) is 15.3. The molecule has 138 valence electrons. The molecule has 1 atom stereocenters. The molecule has 1 N–H and O–H groups in total. The first-order valence-electron chi connectivity index (χ1n) is 8.81. The first-order chi connectivity index (χ1) is 13.1. The van der Waals surface area contributed by atoms with Crippen LogP contribution in [-0.4, -0.2) is 22.4 Å². The molecule has 0 bridgehead atoms. The quantitative estimate of drug-likeness (QED) is 0.518. The van der Waals surface area contributed by atoms with Gasteiger partial charge < -0.3 is 5.32 Å². The number of amides is 1. The molecule has 2 aromatic carbocycles. The summed E-state index contributed by atoms with van der Waals surface area (Å²) in [5.74, 6) is 1.01. The number of anilines is 2. The Morgan fingerprint density at radius 3 is 2.52 bits per heavy atom. The van der Waals surface area contributed by atoms with Crippen molar-refractivity contribution in [2.45, 2.75) is 19.9 Å². The summed E-state index contributed by atoms with van der Waals surface area (Å²) in [6.07, 6.45) is 1.67. The molecule has 0 saturated carbocycles. The molecule has 3 aromatic rings. The molecule has 0 saturated heterocycles. The van der Waals surface area contributed by atoms with Gasteiger partial charge in [0.1, 0.15) is 5.82 Å². The van der Waals surface area contributed by atoms with E-state index in [-0.39, 0.29) is 11.9 Å². The Hall–Kier alpha value is -2.48. The SMILES string of the molecule is CCN(C(=O)c1ccccc1I)c1ccnc(N[C@H](C)c2ccccc2)n1. The van der Waals surface area contributed by atoms with Crippen LogP contribution in [0.1, 0.15) is 35.8 Å². The summed E-state index contributed by atoms with van der Waals surface area (Å²) >= 11 is 2.18. The average Bonchev–Trinajstić information content (AvgIpc) is 2.70. The minimum absolute atomic E-state index is 0.0577. The van der Waals surface area contributed by atoms with E-state index in [4.69, 9.17) is 0 Å². The van der Waals surface area contributed by atoms with Gasteiger partial charge in [0.2, 0.25) is 5.95 Å². The van der Waals surface area contributed by atoms with Crippen LogP contribution in [0.4, 0.5) is 11.8 Å². The normalized spacial score (nSPS) is 11.7. The van der Waals surface area contributed by atoms with Gasteiger partial charge in [-0.1, -0.05) is 42.5 Å². The Morgan fingerprint density at radius 1 is 1.11 bits per heavy atom. The van der Waals surface area contributed by atoms with E-state index >= 15 is 0 Å². The number of nitrogens with zero attached hydrogens (tertiary/aromatic N) is 3. The fourth-order valence-electron chi connectivity index (χ4n) is 2.78. The lowest BCUT2D eigenvalue weighted by atomic mass is 10.1. The van der Waals surface area contributed by atoms with Gasteiger partial charge in [0, 0.05) is 16.3 Å². The standard InChI is InChI=1S/C21H21IN4O/c1-3-26(20(27)17-11-7-8-12-18(17)22)19-13-14-23-21(25-19)24-15(2)16-9-5-4-6-10-16/h4-15H,3H2,1-2H3,(H,23,24,25)/t15-/m1/s1. The Balaban J connectivity index is 1.83. The first-order valence-corrected chi connectivity index (χ1v) is 9.89. The minimum atomic E-state index is -0.0664. The summed E-state index contributed by atoms with van der Waals surface area (Å²) in [6.45, 7) is 4.52. The molecule has 5 nitrogen and oxygen atoms in total. The van der Waals surface area contributed by atoms with Crippen molar-refractivity contribution in [3.63, 3.8) is 0 Å². The van der Waals surface area contributed by atoms with Crippen molar-refractivity contribution in [1.29, 1.82) is 0 Å². The Morgan fingerprint density at radius 2 is 1.81 bits per heavy atom. The van der Waals surface area contributed by atoms with Crippen LogP contribution in [0, 0.1) is 3.57 Å². The number of halogens is 1. The topological polar surface area (TPSA) is 58.1 Å². The van der Waals surface area contributed by atoms with Crippen LogP contribution in [0.2, 0.25) is 0 Å². The van der Waals surface area contributed by atoms with Crippen LogP contribution in [0.3, 0.4) is 0 Å². The van der Waals surface area contributed by atoms with E-state index < -0.39 is 0 Å². The van der Waals surface area contributed by atoms with Crippen molar-refractivity contribution in [2.75, 3.05) is 16.8 Å². The molecule has 0 aliphatic carbocycles. The number of carbonyl (C=O) groups excluding carboxylic acids is 1. The van der Waals surface area contributed by atoms with Crippen LogP contribution >= 0.6 is 22.6 Å². The van der Waals surface area contributed by atoms with Gasteiger partial charge in [0.15, 0.2) is 0 Å². The maximum absolute atomic E-state index is 13.0. The van der Waals surface area contributed by atoms with E-state index in [2.05, 4.69) is 56.9 Å². The van der Waals surface area contributed by atoms with E-state index in [1.807, 2.05) is 49.4 Å². The summed E-state index contributed by atoms with van der Waals surface area (Å²) in [4.78, 5) is 23.5. The number of rotatable bonds is 6. The van der Waals surface area contributed by atoms with Gasteiger partial charge in [-0.3, -0.25) is 9.69 Å². The van der Waals surface area contributed by atoms with Crippen molar-refractivity contribution in [1.82, 2.24) is 9.97 Å². The smallest absolute Gasteiger partial charge is 0.260 e. The molecule has 1 amide bonds. The van der Waals surface area contributed by atoms with Gasteiger partial charge in [0.25, 0.3) is 5.91 Å². The van der Waals surface area contributed by atoms with Crippen LogP contribution in [0.25, 0.3) is 0 Å². The molecule has 0 radical (unpaired) electrons. The highest BCUT2D eigenvalue weighted by atomic mass is 127. The maximum Gasteiger partial charge on any atom is 0.260 e. The molecule has 0 unspecified atom stereocenters.